The Morgan fingerprint density at radius 2 is 1.83 bits per heavy atom. The maximum Gasteiger partial charge on any atom is 0.305 e. The van der Waals surface area contributed by atoms with Crippen molar-refractivity contribution in [3.05, 3.63) is 77.9 Å². The molecule has 3 aromatic rings. The molecule has 1 unspecified atom stereocenters. The van der Waals surface area contributed by atoms with Crippen molar-refractivity contribution in [1.82, 2.24) is 9.62 Å². The van der Waals surface area contributed by atoms with Crippen molar-refractivity contribution in [2.75, 3.05) is 20.2 Å². The third-order valence-corrected chi connectivity index (χ3v) is 7.52. The fourth-order valence-electron chi connectivity index (χ4n) is 4.55. The normalized spacial score (nSPS) is 15.0. The number of nitrogens with two attached hydrogens (primary N) is 1. The lowest BCUT2D eigenvalue weighted by molar-refractivity contribution is -0.142. The van der Waals surface area contributed by atoms with E-state index in [0.29, 0.717) is 31.5 Å². The highest BCUT2D eigenvalue weighted by Gasteiger charge is 2.29. The van der Waals surface area contributed by atoms with Gasteiger partial charge in [0.05, 0.1) is 7.11 Å². The summed E-state index contributed by atoms with van der Waals surface area (Å²) in [5.41, 5.74) is 7.26. The second kappa shape index (κ2) is 12.1. The molecule has 1 heterocycles. The van der Waals surface area contributed by atoms with Gasteiger partial charge in [-0.05, 0) is 71.7 Å². The molecule has 0 spiro atoms. The molecule has 188 valence electrons. The van der Waals surface area contributed by atoms with Gasteiger partial charge in [-0.25, -0.2) is 4.72 Å². The van der Waals surface area contributed by atoms with Gasteiger partial charge in [0.25, 0.3) is 0 Å². The minimum absolute atomic E-state index is 0.00547. The largest absolute Gasteiger partial charge is 0.469 e. The number of hydrogen-bond donors (Lipinski definition) is 3. The van der Waals surface area contributed by atoms with Crippen molar-refractivity contribution in [3.8, 4) is 0 Å². The zero-order valence-corrected chi connectivity index (χ0v) is 21.2. The van der Waals surface area contributed by atoms with Crippen LogP contribution in [0, 0.1) is 11.3 Å². The molecule has 1 aliphatic rings. The number of nitrogens with one attached hydrogen (secondary N) is 2. The van der Waals surface area contributed by atoms with Gasteiger partial charge in [0.1, 0.15) is 11.9 Å². The van der Waals surface area contributed by atoms with Gasteiger partial charge < -0.3 is 15.4 Å². The van der Waals surface area contributed by atoms with Crippen molar-refractivity contribution < 1.29 is 14.3 Å². The Hall–Kier alpha value is -3.36. The molecular weight excluding hydrogens is 472 g/mol. The predicted molar refractivity (Wildman–Crippen MR) is 144 cm³/mol. The number of carbonyl (C=O) groups excluding carboxylic acids is 2. The van der Waals surface area contributed by atoms with Crippen LogP contribution in [0.3, 0.4) is 0 Å². The van der Waals surface area contributed by atoms with Crippen LogP contribution in [0.2, 0.25) is 0 Å². The summed E-state index contributed by atoms with van der Waals surface area (Å²) < 4.78 is 8.22. The van der Waals surface area contributed by atoms with E-state index < -0.39 is 6.04 Å². The molecule has 8 heteroatoms. The second-order valence-electron chi connectivity index (χ2n) is 9.15. The number of benzene rings is 3. The van der Waals surface area contributed by atoms with Crippen LogP contribution in [-0.2, 0) is 20.7 Å². The predicted octanol–water partition coefficient (Wildman–Crippen LogP) is 4.13. The summed E-state index contributed by atoms with van der Waals surface area (Å²) in [6.07, 6.45) is 2.44. The highest BCUT2D eigenvalue weighted by molar-refractivity contribution is 7.97. The molecule has 1 aliphatic heterocycles. The minimum atomic E-state index is -0.458. The second-order valence-corrected chi connectivity index (χ2v) is 10.1. The molecule has 7 nitrogen and oxygen atoms in total. The van der Waals surface area contributed by atoms with Gasteiger partial charge >= 0.3 is 5.97 Å². The van der Waals surface area contributed by atoms with E-state index >= 15 is 0 Å². The number of nitrogen functional groups attached to an aromatic ring is 1. The van der Waals surface area contributed by atoms with Crippen LogP contribution in [0.5, 0.6) is 0 Å². The van der Waals surface area contributed by atoms with Crippen LogP contribution in [0.4, 0.5) is 0 Å². The first kappa shape index (κ1) is 25.7. The van der Waals surface area contributed by atoms with Crippen molar-refractivity contribution in [2.24, 2.45) is 11.7 Å². The number of nitrogens with zero attached hydrogens (tertiary/aromatic N) is 1. The highest BCUT2D eigenvalue weighted by Crippen LogP contribution is 2.25. The summed E-state index contributed by atoms with van der Waals surface area (Å²) in [6, 6.07) is 21.5. The molecule has 0 bridgehead atoms. The maximum atomic E-state index is 13.6. The monoisotopic (exact) mass is 504 g/mol. The molecule has 1 saturated heterocycles. The molecule has 0 saturated carbocycles. The Kier molecular flexibility index (Phi) is 8.61. The number of methoxy groups -OCH3 is 1. The van der Waals surface area contributed by atoms with Gasteiger partial charge in [-0.1, -0.05) is 48.5 Å². The average Bonchev–Trinajstić information content (AvgIpc) is 2.91. The fourth-order valence-corrected chi connectivity index (χ4v) is 5.33. The Bertz CT molecular complexity index is 1240. The molecule has 4 N–H and O–H groups in total. The number of amidine groups is 1. The Labute approximate surface area is 216 Å². The Morgan fingerprint density at radius 3 is 2.56 bits per heavy atom. The third kappa shape index (κ3) is 6.65. The van der Waals surface area contributed by atoms with Crippen molar-refractivity contribution >= 4 is 40.4 Å². The van der Waals surface area contributed by atoms with Crippen LogP contribution in [0.1, 0.15) is 30.4 Å². The van der Waals surface area contributed by atoms with Crippen LogP contribution in [-0.4, -0.2) is 48.9 Å². The number of piperidine rings is 1. The lowest BCUT2D eigenvalue weighted by Gasteiger charge is -2.34. The first-order chi connectivity index (χ1) is 17.4. The molecule has 1 amide bonds. The lowest BCUT2D eigenvalue weighted by Crippen LogP contribution is -2.48. The minimum Gasteiger partial charge on any atom is -0.469 e. The molecule has 1 fully saturated rings. The summed E-state index contributed by atoms with van der Waals surface area (Å²) in [6.45, 7) is 1.24. The van der Waals surface area contributed by atoms with Crippen LogP contribution in [0.15, 0.2) is 71.6 Å². The van der Waals surface area contributed by atoms with E-state index in [2.05, 4.69) is 35.1 Å². The highest BCUT2D eigenvalue weighted by atomic mass is 32.2. The standard InChI is InChI=1S/C28H32N4O3S/c1-35-26(33)17-19-11-13-32(14-12-19)28(34)25(16-20-5-4-8-23(15-20)27(29)30)31-36-24-10-9-21-6-2-3-7-22(21)18-24/h2-10,15,18-19,25,31H,11-14,16-17H2,1H3,(H3,29,30). The molecule has 3 aromatic carbocycles. The van der Waals surface area contributed by atoms with Gasteiger partial charge in [-0.2, -0.15) is 0 Å². The summed E-state index contributed by atoms with van der Waals surface area (Å²) >= 11 is 1.45. The fraction of sp³-hybridized carbons (Fsp3) is 0.321. The van der Waals surface area contributed by atoms with E-state index in [1.807, 2.05) is 35.2 Å². The van der Waals surface area contributed by atoms with Crippen LogP contribution >= 0.6 is 11.9 Å². The molecular formula is C28H32N4O3S. The van der Waals surface area contributed by atoms with Gasteiger partial charge in [0.2, 0.25) is 5.91 Å². The number of hydrogen-bond acceptors (Lipinski definition) is 6. The van der Waals surface area contributed by atoms with Crippen molar-refractivity contribution in [3.63, 3.8) is 0 Å². The summed E-state index contributed by atoms with van der Waals surface area (Å²) in [5, 5.41) is 10.1. The number of carbonyl (C=O) groups is 2. The summed E-state index contributed by atoms with van der Waals surface area (Å²) in [4.78, 5) is 28.2. The number of esters is 1. The quantitative estimate of drug-likeness (QED) is 0.175. The Morgan fingerprint density at radius 1 is 1.08 bits per heavy atom. The van der Waals surface area contributed by atoms with Crippen LogP contribution < -0.4 is 10.5 Å². The summed E-state index contributed by atoms with van der Waals surface area (Å²) in [5.74, 6) is 0.0857. The third-order valence-electron chi connectivity index (χ3n) is 6.63. The maximum absolute atomic E-state index is 13.6. The number of amides is 1. The van der Waals surface area contributed by atoms with E-state index in [0.717, 1.165) is 28.7 Å². The first-order valence-electron chi connectivity index (χ1n) is 12.1. The SMILES string of the molecule is COC(=O)CC1CCN(C(=O)C(Cc2cccc(C(=N)N)c2)NSc2ccc3ccccc3c2)CC1. The molecule has 4 rings (SSSR count). The number of ether oxygens (including phenoxy) is 1. The first-order valence-corrected chi connectivity index (χ1v) is 12.9. The molecule has 1 atom stereocenters. The number of likely N-dealkylation sites (tertiary alicyclic amines) is 1. The van der Waals surface area contributed by atoms with E-state index in [4.69, 9.17) is 15.9 Å². The molecule has 0 radical (unpaired) electrons. The van der Waals surface area contributed by atoms with E-state index in [9.17, 15) is 9.59 Å². The number of rotatable bonds is 9. The zero-order valence-electron chi connectivity index (χ0n) is 20.4. The van der Waals surface area contributed by atoms with Gasteiger partial charge in [-0.3, -0.25) is 15.0 Å². The topological polar surface area (TPSA) is 109 Å². The Balaban J connectivity index is 1.48. The van der Waals surface area contributed by atoms with Gasteiger partial charge in [0.15, 0.2) is 0 Å². The number of fused-ring (bicyclic) bond motifs is 1. The van der Waals surface area contributed by atoms with Gasteiger partial charge in [-0.15, -0.1) is 0 Å². The van der Waals surface area contributed by atoms with E-state index in [-0.39, 0.29) is 23.6 Å². The van der Waals surface area contributed by atoms with E-state index in [1.54, 1.807) is 6.07 Å². The lowest BCUT2D eigenvalue weighted by atomic mass is 9.93. The summed E-state index contributed by atoms with van der Waals surface area (Å²) in [7, 11) is 1.41. The van der Waals surface area contributed by atoms with Crippen LogP contribution in [0.25, 0.3) is 10.8 Å². The molecule has 0 aromatic heterocycles. The smallest absolute Gasteiger partial charge is 0.305 e. The van der Waals surface area contributed by atoms with Crippen molar-refractivity contribution in [2.45, 2.75) is 36.6 Å². The van der Waals surface area contributed by atoms with E-state index in [1.165, 1.54) is 24.4 Å². The molecule has 36 heavy (non-hydrogen) atoms. The average molecular weight is 505 g/mol. The van der Waals surface area contributed by atoms with Crippen molar-refractivity contribution in [1.29, 1.82) is 5.41 Å². The zero-order chi connectivity index (χ0) is 25.5. The van der Waals surface area contributed by atoms with Gasteiger partial charge in [0, 0.05) is 30.0 Å². The molecule has 0 aliphatic carbocycles.